The first-order valence-electron chi connectivity index (χ1n) is 11.1. The van der Waals surface area contributed by atoms with E-state index in [2.05, 4.69) is 49.8 Å². The number of tetrazole rings is 1. The molecule has 1 aromatic carbocycles. The normalized spacial score (nSPS) is 22.9. The van der Waals surface area contributed by atoms with Crippen LogP contribution in [0.1, 0.15) is 69.3 Å². The molecule has 2 aliphatic rings. The molecule has 4 rings (SSSR count). The topological polar surface area (TPSA) is 75.9 Å². The Morgan fingerprint density at radius 1 is 1.21 bits per heavy atom. The van der Waals surface area contributed by atoms with Crippen molar-refractivity contribution in [1.29, 1.82) is 0 Å². The molecule has 1 amide bonds. The van der Waals surface area contributed by atoms with Crippen LogP contribution in [-0.4, -0.2) is 50.6 Å². The fourth-order valence-corrected chi connectivity index (χ4v) is 4.89. The van der Waals surface area contributed by atoms with Crippen LogP contribution in [0.4, 0.5) is 0 Å². The molecule has 29 heavy (non-hydrogen) atoms. The number of carbonyl (C=O) groups excluding carboxylic acids is 1. The molecule has 156 valence electrons. The van der Waals surface area contributed by atoms with Gasteiger partial charge in [-0.05, 0) is 48.1 Å². The van der Waals surface area contributed by atoms with Gasteiger partial charge >= 0.3 is 0 Å². The third kappa shape index (κ3) is 4.34. The highest BCUT2D eigenvalue weighted by Gasteiger charge is 2.43. The van der Waals surface area contributed by atoms with Crippen molar-refractivity contribution in [3.05, 3.63) is 41.7 Å². The predicted molar refractivity (Wildman–Crippen MR) is 111 cm³/mol. The smallest absolute Gasteiger partial charge is 0.222 e. The van der Waals surface area contributed by atoms with E-state index in [1.165, 1.54) is 18.4 Å². The summed E-state index contributed by atoms with van der Waals surface area (Å²) < 4.78 is 2.06. The van der Waals surface area contributed by atoms with E-state index in [1.54, 1.807) is 0 Å². The minimum absolute atomic E-state index is 0.207. The number of hydrogen-bond donors (Lipinski definition) is 1. The zero-order valence-electron chi connectivity index (χ0n) is 17.4. The number of nitrogens with zero attached hydrogens (tertiary/aromatic N) is 5. The Morgan fingerprint density at radius 2 is 2.00 bits per heavy atom. The highest BCUT2D eigenvalue weighted by atomic mass is 16.2. The van der Waals surface area contributed by atoms with Gasteiger partial charge in [-0.3, -0.25) is 4.79 Å². The maximum Gasteiger partial charge on any atom is 0.222 e. The molecule has 0 radical (unpaired) electrons. The van der Waals surface area contributed by atoms with Gasteiger partial charge in [0.1, 0.15) is 0 Å². The van der Waals surface area contributed by atoms with E-state index in [1.807, 2.05) is 17.9 Å². The van der Waals surface area contributed by atoms with E-state index >= 15 is 0 Å². The van der Waals surface area contributed by atoms with Crippen molar-refractivity contribution in [2.24, 2.45) is 0 Å². The second-order valence-corrected chi connectivity index (χ2v) is 8.40. The molecule has 7 heteroatoms. The summed E-state index contributed by atoms with van der Waals surface area (Å²) in [6, 6.07) is 10.9. The number of aromatic nitrogens is 4. The van der Waals surface area contributed by atoms with Gasteiger partial charge in [0.2, 0.25) is 5.91 Å². The molecule has 1 atom stereocenters. The van der Waals surface area contributed by atoms with Crippen LogP contribution >= 0.6 is 0 Å². The molecule has 2 heterocycles. The first kappa shape index (κ1) is 20.0. The fourth-order valence-electron chi connectivity index (χ4n) is 4.89. The lowest BCUT2D eigenvalue weighted by atomic mass is 9.87. The highest BCUT2D eigenvalue weighted by molar-refractivity contribution is 5.76. The molecule has 1 saturated carbocycles. The molecule has 1 N–H and O–H groups in total. The van der Waals surface area contributed by atoms with Crippen LogP contribution in [0.15, 0.2) is 30.3 Å². The number of rotatable bonds is 7. The van der Waals surface area contributed by atoms with Crippen LogP contribution in [-0.2, 0) is 16.8 Å². The van der Waals surface area contributed by atoms with Crippen molar-refractivity contribution in [2.45, 2.75) is 69.9 Å². The Kier molecular flexibility index (Phi) is 6.23. The van der Waals surface area contributed by atoms with E-state index in [-0.39, 0.29) is 11.4 Å². The summed E-state index contributed by atoms with van der Waals surface area (Å²) in [6.07, 6.45) is 8.12. The van der Waals surface area contributed by atoms with E-state index in [4.69, 9.17) is 0 Å². The van der Waals surface area contributed by atoms with Gasteiger partial charge in [0, 0.05) is 26.1 Å². The number of hydrogen-bond acceptors (Lipinski definition) is 5. The molecule has 7 nitrogen and oxygen atoms in total. The molecule has 2 fully saturated rings. The average Bonchev–Trinajstić information content (AvgIpc) is 3.46. The Morgan fingerprint density at radius 3 is 2.76 bits per heavy atom. The second kappa shape index (κ2) is 9.03. The molecule has 1 aliphatic heterocycles. The molecular formula is C22H32N6O. The van der Waals surface area contributed by atoms with Crippen LogP contribution in [0.25, 0.3) is 0 Å². The summed E-state index contributed by atoms with van der Waals surface area (Å²) in [5.74, 6) is 1.12. The Hall–Kier alpha value is -2.28. The van der Waals surface area contributed by atoms with Gasteiger partial charge in [-0.25, -0.2) is 4.68 Å². The molecule has 0 bridgehead atoms. The van der Waals surface area contributed by atoms with E-state index in [0.717, 1.165) is 51.0 Å². The fraction of sp³-hybridized carbons (Fsp3) is 0.636. The first-order chi connectivity index (χ1) is 14.2. The number of nitrogens with one attached hydrogen (secondary N) is 1. The molecule has 0 spiro atoms. The van der Waals surface area contributed by atoms with Crippen LogP contribution < -0.4 is 5.32 Å². The van der Waals surface area contributed by atoms with Crippen molar-refractivity contribution in [2.75, 3.05) is 19.6 Å². The summed E-state index contributed by atoms with van der Waals surface area (Å²) in [7, 11) is 0. The van der Waals surface area contributed by atoms with E-state index in [9.17, 15) is 4.79 Å². The minimum atomic E-state index is -0.385. The summed E-state index contributed by atoms with van der Waals surface area (Å²) in [6.45, 7) is 4.22. The first-order valence-corrected chi connectivity index (χ1v) is 11.1. The van der Waals surface area contributed by atoms with Crippen molar-refractivity contribution < 1.29 is 4.79 Å². The monoisotopic (exact) mass is 396 g/mol. The van der Waals surface area contributed by atoms with Gasteiger partial charge in [-0.1, -0.05) is 50.1 Å². The van der Waals surface area contributed by atoms with Crippen LogP contribution in [0.3, 0.4) is 0 Å². The third-order valence-electron chi connectivity index (χ3n) is 6.46. The molecule has 1 saturated heterocycles. The van der Waals surface area contributed by atoms with Gasteiger partial charge in [-0.2, -0.15) is 0 Å². The predicted octanol–water partition coefficient (Wildman–Crippen LogP) is 2.85. The van der Waals surface area contributed by atoms with Gasteiger partial charge in [0.15, 0.2) is 5.82 Å². The highest BCUT2D eigenvalue weighted by Crippen LogP contribution is 2.35. The largest absolute Gasteiger partial charge is 0.340 e. The summed E-state index contributed by atoms with van der Waals surface area (Å²) in [4.78, 5) is 14.5. The van der Waals surface area contributed by atoms with Crippen molar-refractivity contribution >= 4 is 5.91 Å². The van der Waals surface area contributed by atoms with E-state index in [0.29, 0.717) is 19.0 Å². The molecule has 1 aliphatic carbocycles. The maximum atomic E-state index is 12.5. The maximum absolute atomic E-state index is 12.5. The molecule has 2 aromatic rings. The van der Waals surface area contributed by atoms with Crippen LogP contribution in [0.2, 0.25) is 0 Å². The Balaban J connectivity index is 1.59. The summed E-state index contributed by atoms with van der Waals surface area (Å²) in [5.41, 5.74) is 0.923. The van der Waals surface area contributed by atoms with Crippen molar-refractivity contribution in [3.63, 3.8) is 0 Å². The van der Waals surface area contributed by atoms with Crippen LogP contribution in [0, 0.1) is 0 Å². The number of piperidine rings is 1. The molecular weight excluding hydrogens is 364 g/mol. The van der Waals surface area contributed by atoms with Gasteiger partial charge in [-0.15, -0.1) is 5.10 Å². The second-order valence-electron chi connectivity index (χ2n) is 8.40. The number of amides is 1. The molecule has 0 unspecified atom stereocenters. The Labute approximate surface area is 172 Å². The third-order valence-corrected chi connectivity index (χ3v) is 6.46. The standard InChI is InChI=1S/C22H32N6O/c1-2-20(29)27-16-8-14-22(17-27,23-15-13-18-9-4-3-5-10-18)21-24-25-26-28(21)19-11-6-7-12-19/h3-5,9-10,19,23H,2,6-8,11-17H2,1H3/t22-/m0/s1. The SMILES string of the molecule is CCC(=O)N1CCC[C@@](NCCc2ccccc2)(c2nnnn2C2CCCC2)C1. The van der Waals surface area contributed by atoms with Crippen molar-refractivity contribution in [3.8, 4) is 0 Å². The number of carbonyl (C=O) groups is 1. The summed E-state index contributed by atoms with van der Waals surface area (Å²) in [5, 5.41) is 16.8. The molecule has 1 aromatic heterocycles. The van der Waals surface area contributed by atoms with Crippen molar-refractivity contribution in [1.82, 2.24) is 30.4 Å². The average molecular weight is 397 g/mol. The van der Waals surface area contributed by atoms with Gasteiger partial charge in [0.05, 0.1) is 11.6 Å². The summed E-state index contributed by atoms with van der Waals surface area (Å²) >= 11 is 0. The Bertz CT molecular complexity index is 801. The lowest BCUT2D eigenvalue weighted by Crippen LogP contribution is -2.57. The lowest BCUT2D eigenvalue weighted by Gasteiger charge is -2.43. The van der Waals surface area contributed by atoms with Gasteiger partial charge in [0.25, 0.3) is 0 Å². The quantitative estimate of drug-likeness (QED) is 0.779. The zero-order chi connectivity index (χ0) is 20.1. The van der Waals surface area contributed by atoms with E-state index < -0.39 is 0 Å². The lowest BCUT2D eigenvalue weighted by molar-refractivity contribution is -0.133. The number of benzene rings is 1. The van der Waals surface area contributed by atoms with Gasteiger partial charge < -0.3 is 10.2 Å². The number of likely N-dealkylation sites (tertiary alicyclic amines) is 1. The van der Waals surface area contributed by atoms with Crippen LogP contribution in [0.5, 0.6) is 0 Å². The zero-order valence-corrected chi connectivity index (χ0v) is 17.4. The minimum Gasteiger partial charge on any atom is -0.340 e.